The van der Waals surface area contributed by atoms with Gasteiger partial charge in [0.2, 0.25) is 5.91 Å². The second-order valence-corrected chi connectivity index (χ2v) is 12.0. The summed E-state index contributed by atoms with van der Waals surface area (Å²) in [7, 11) is 0. The molecule has 1 saturated carbocycles. The van der Waals surface area contributed by atoms with Crippen LogP contribution in [0.4, 0.5) is 10.5 Å². The van der Waals surface area contributed by atoms with E-state index < -0.39 is 29.7 Å². The molecule has 214 valence electrons. The first kappa shape index (κ1) is 31.0. The van der Waals surface area contributed by atoms with E-state index in [1.54, 1.807) is 62.1 Å². The fraction of sp³-hybridized carbons (Fsp3) is 0.469. The highest BCUT2D eigenvalue weighted by molar-refractivity contribution is 6.34. The molecule has 0 heterocycles. The summed E-state index contributed by atoms with van der Waals surface area (Å²) >= 11 is 6.45. The number of hydrogen-bond donors (Lipinski definition) is 2. The Morgan fingerprint density at radius 3 is 2.38 bits per heavy atom. The molecule has 0 spiro atoms. The number of halogens is 1. The third kappa shape index (κ3) is 7.37. The molecule has 1 fully saturated rings. The number of para-hydroxylation sites is 1. The molecule has 1 aliphatic rings. The van der Waals surface area contributed by atoms with Crippen LogP contribution in [-0.2, 0) is 14.3 Å². The van der Waals surface area contributed by atoms with Gasteiger partial charge in [-0.15, -0.1) is 6.42 Å². The van der Waals surface area contributed by atoms with Gasteiger partial charge in [-0.2, -0.15) is 0 Å². The minimum Gasteiger partial charge on any atom is -0.444 e. The summed E-state index contributed by atoms with van der Waals surface area (Å²) in [4.78, 5) is 43.1. The van der Waals surface area contributed by atoms with Crippen molar-refractivity contribution in [1.29, 1.82) is 0 Å². The van der Waals surface area contributed by atoms with Crippen LogP contribution in [0.15, 0.2) is 42.5 Å². The van der Waals surface area contributed by atoms with E-state index in [-0.39, 0.29) is 23.8 Å². The van der Waals surface area contributed by atoms with Crippen molar-refractivity contribution in [3.05, 3.63) is 64.2 Å². The summed E-state index contributed by atoms with van der Waals surface area (Å²) in [5.74, 6) is 1.80. The Kier molecular flexibility index (Phi) is 9.92. The summed E-state index contributed by atoms with van der Waals surface area (Å²) in [6.07, 6.45) is 6.51. The van der Waals surface area contributed by atoms with E-state index in [1.807, 2.05) is 33.8 Å². The number of amides is 3. The van der Waals surface area contributed by atoms with Crippen LogP contribution < -0.4 is 10.6 Å². The molecule has 5 unspecified atom stereocenters. The first-order valence-electron chi connectivity index (χ1n) is 13.7. The predicted octanol–water partition coefficient (Wildman–Crippen LogP) is 6.49. The van der Waals surface area contributed by atoms with Crippen LogP contribution in [-0.4, -0.2) is 40.5 Å². The van der Waals surface area contributed by atoms with Crippen LogP contribution in [0, 0.1) is 31.1 Å². The van der Waals surface area contributed by atoms with Gasteiger partial charge in [0.15, 0.2) is 0 Å². The van der Waals surface area contributed by atoms with Gasteiger partial charge < -0.3 is 20.3 Å². The molecule has 8 heteroatoms. The van der Waals surface area contributed by atoms with Crippen molar-refractivity contribution in [3.63, 3.8) is 0 Å². The Balaban J connectivity index is 2.12. The topological polar surface area (TPSA) is 87.7 Å². The highest BCUT2D eigenvalue weighted by atomic mass is 35.5. The standard InChI is InChI=1S/C32H40ClN3O4/c1-9-19(3)27(35-31(39)40-32(6,7)8)30(38)36(25-18-21(25)5)28(23-16-12-11-15-22(23)10-2)29(37)34-26-20(4)14-13-17-24(26)33/h2,11-17,19,21,25,27-28H,9,18H2,1,3-8H3,(H,34,37)(H,35,39). The molecule has 0 aromatic heterocycles. The van der Waals surface area contributed by atoms with Gasteiger partial charge in [-0.05, 0) is 69.2 Å². The maximum absolute atomic E-state index is 14.5. The zero-order valence-electron chi connectivity index (χ0n) is 24.4. The largest absolute Gasteiger partial charge is 0.444 e. The van der Waals surface area contributed by atoms with Crippen molar-refractivity contribution in [1.82, 2.24) is 10.2 Å². The minimum absolute atomic E-state index is 0.165. The molecule has 0 aliphatic heterocycles. The maximum Gasteiger partial charge on any atom is 0.408 e. The zero-order chi connectivity index (χ0) is 29.8. The van der Waals surface area contributed by atoms with Crippen molar-refractivity contribution in [3.8, 4) is 12.3 Å². The molecule has 0 bridgehead atoms. The molecule has 0 saturated heterocycles. The number of nitrogens with one attached hydrogen (secondary N) is 2. The van der Waals surface area contributed by atoms with Crippen LogP contribution in [0.25, 0.3) is 0 Å². The average molecular weight is 566 g/mol. The second kappa shape index (κ2) is 12.8. The van der Waals surface area contributed by atoms with Gasteiger partial charge in [-0.3, -0.25) is 9.59 Å². The molecule has 3 rings (SSSR count). The number of terminal acetylenes is 1. The quantitative estimate of drug-likeness (QED) is 0.340. The molecule has 5 atom stereocenters. The summed E-state index contributed by atoms with van der Waals surface area (Å²) < 4.78 is 5.48. The van der Waals surface area contributed by atoms with Gasteiger partial charge in [0, 0.05) is 11.6 Å². The SMILES string of the molecule is C#Cc1ccccc1C(C(=O)Nc1c(C)cccc1Cl)N(C(=O)C(NC(=O)OC(C)(C)C)C(C)CC)C1CC1C. The van der Waals surface area contributed by atoms with Gasteiger partial charge in [-0.25, -0.2) is 4.79 Å². The smallest absolute Gasteiger partial charge is 0.408 e. The van der Waals surface area contributed by atoms with Crippen LogP contribution in [0.3, 0.4) is 0 Å². The first-order chi connectivity index (χ1) is 18.8. The highest BCUT2D eigenvalue weighted by Gasteiger charge is 2.49. The van der Waals surface area contributed by atoms with E-state index in [4.69, 9.17) is 22.8 Å². The van der Waals surface area contributed by atoms with Crippen LogP contribution in [0.2, 0.25) is 5.02 Å². The first-order valence-corrected chi connectivity index (χ1v) is 14.1. The normalized spacial score (nSPS) is 18.5. The van der Waals surface area contributed by atoms with E-state index in [0.29, 0.717) is 28.3 Å². The molecule has 2 aromatic carbocycles. The fourth-order valence-electron chi connectivity index (χ4n) is 4.72. The van der Waals surface area contributed by atoms with Crippen molar-refractivity contribution in [2.24, 2.45) is 11.8 Å². The molecule has 2 aromatic rings. The molecule has 1 aliphatic carbocycles. The molecule has 7 nitrogen and oxygen atoms in total. The monoisotopic (exact) mass is 565 g/mol. The molecular weight excluding hydrogens is 526 g/mol. The van der Waals surface area contributed by atoms with Crippen molar-refractivity contribution < 1.29 is 19.1 Å². The maximum atomic E-state index is 14.5. The number of alkyl carbamates (subject to hydrolysis) is 1. The number of hydrogen-bond acceptors (Lipinski definition) is 4. The minimum atomic E-state index is -1.06. The van der Waals surface area contributed by atoms with E-state index in [2.05, 4.69) is 16.6 Å². The average Bonchev–Trinajstić information content (AvgIpc) is 3.61. The lowest BCUT2D eigenvalue weighted by Gasteiger charge is -2.37. The van der Waals surface area contributed by atoms with Crippen LogP contribution in [0.1, 0.15) is 77.1 Å². The van der Waals surface area contributed by atoms with E-state index in [9.17, 15) is 14.4 Å². The second-order valence-electron chi connectivity index (χ2n) is 11.6. The van der Waals surface area contributed by atoms with Crippen molar-refractivity contribution in [2.45, 2.75) is 85.0 Å². The number of carbonyl (C=O) groups excluding carboxylic acids is 3. The fourth-order valence-corrected chi connectivity index (χ4v) is 4.99. The van der Waals surface area contributed by atoms with Gasteiger partial charge in [0.1, 0.15) is 17.7 Å². The van der Waals surface area contributed by atoms with Crippen molar-refractivity contribution >= 4 is 35.2 Å². The summed E-state index contributed by atoms with van der Waals surface area (Å²) in [6, 6.07) is 10.3. The Hall–Kier alpha value is -3.50. The number of carbonyl (C=O) groups is 3. The Morgan fingerprint density at radius 2 is 1.82 bits per heavy atom. The Morgan fingerprint density at radius 1 is 1.18 bits per heavy atom. The van der Waals surface area contributed by atoms with E-state index >= 15 is 0 Å². The predicted molar refractivity (Wildman–Crippen MR) is 159 cm³/mol. The number of aryl methyl sites for hydroxylation is 1. The number of nitrogens with zero attached hydrogens (tertiary/aromatic N) is 1. The lowest BCUT2D eigenvalue weighted by Crippen LogP contribution is -2.55. The number of ether oxygens (including phenoxy) is 1. The van der Waals surface area contributed by atoms with Crippen LogP contribution in [0.5, 0.6) is 0 Å². The Labute approximate surface area is 243 Å². The molecular formula is C32H40ClN3O4. The lowest BCUT2D eigenvalue weighted by molar-refractivity contribution is -0.142. The van der Waals surface area contributed by atoms with Crippen LogP contribution >= 0.6 is 11.6 Å². The molecule has 0 radical (unpaired) electrons. The molecule has 40 heavy (non-hydrogen) atoms. The van der Waals surface area contributed by atoms with Gasteiger partial charge in [-0.1, -0.05) is 75.0 Å². The highest BCUT2D eigenvalue weighted by Crippen LogP contribution is 2.42. The summed E-state index contributed by atoms with van der Waals surface area (Å²) in [6.45, 7) is 13.0. The summed E-state index contributed by atoms with van der Waals surface area (Å²) in [5, 5.41) is 6.16. The number of benzene rings is 2. The molecule has 3 amide bonds. The van der Waals surface area contributed by atoms with E-state index in [1.165, 1.54) is 0 Å². The van der Waals surface area contributed by atoms with Crippen molar-refractivity contribution in [2.75, 3.05) is 5.32 Å². The zero-order valence-corrected chi connectivity index (χ0v) is 25.1. The van der Waals surface area contributed by atoms with Gasteiger partial charge in [0.25, 0.3) is 5.91 Å². The van der Waals surface area contributed by atoms with Gasteiger partial charge in [0.05, 0.1) is 10.7 Å². The Bertz CT molecular complexity index is 1280. The number of anilines is 1. The summed E-state index contributed by atoms with van der Waals surface area (Å²) in [5.41, 5.74) is 1.55. The number of rotatable bonds is 9. The van der Waals surface area contributed by atoms with Gasteiger partial charge >= 0.3 is 6.09 Å². The third-order valence-electron chi connectivity index (χ3n) is 7.24. The lowest BCUT2D eigenvalue weighted by atomic mass is 9.93. The van der Waals surface area contributed by atoms with E-state index in [0.717, 1.165) is 12.0 Å². The third-order valence-corrected chi connectivity index (χ3v) is 7.55. The molecule has 2 N–H and O–H groups in total.